The van der Waals surface area contributed by atoms with Crippen LogP contribution in [-0.4, -0.2) is 41.6 Å². The summed E-state index contributed by atoms with van der Waals surface area (Å²) in [5.41, 5.74) is 1.03. The van der Waals surface area contributed by atoms with E-state index in [1.165, 1.54) is 0 Å². The second-order valence-electron chi connectivity index (χ2n) is 6.93. The van der Waals surface area contributed by atoms with Gasteiger partial charge in [0, 0.05) is 23.9 Å². The smallest absolute Gasteiger partial charge is 0.306 e. The van der Waals surface area contributed by atoms with Crippen LogP contribution in [0.2, 0.25) is 0 Å². The van der Waals surface area contributed by atoms with Gasteiger partial charge in [-0.3, -0.25) is 14.4 Å². The second kappa shape index (κ2) is 8.31. The molecule has 2 fully saturated rings. The molecule has 1 aliphatic heterocycles. The number of carboxylic acids is 1. The Kier molecular flexibility index (Phi) is 5.88. The van der Waals surface area contributed by atoms with E-state index in [0.29, 0.717) is 50.0 Å². The van der Waals surface area contributed by atoms with Crippen LogP contribution in [0.3, 0.4) is 0 Å². The number of hydrogen-bond acceptors (Lipinski definition) is 4. The predicted octanol–water partition coefficient (Wildman–Crippen LogP) is 2.18. The summed E-state index contributed by atoms with van der Waals surface area (Å²) in [5, 5.41) is 14.8. The highest BCUT2D eigenvalue weighted by Crippen LogP contribution is 2.25. The van der Waals surface area contributed by atoms with Crippen molar-refractivity contribution >= 4 is 23.5 Å². The summed E-state index contributed by atoms with van der Waals surface area (Å²) in [4.78, 5) is 35.6. The Balaban J connectivity index is 1.54. The van der Waals surface area contributed by atoms with E-state index in [1.54, 1.807) is 24.3 Å². The lowest BCUT2D eigenvalue weighted by Gasteiger charge is -2.26. The average molecular weight is 360 g/mol. The van der Waals surface area contributed by atoms with Crippen molar-refractivity contribution in [3.05, 3.63) is 29.8 Å². The lowest BCUT2D eigenvalue weighted by molar-refractivity contribution is -0.142. The van der Waals surface area contributed by atoms with Gasteiger partial charge in [0.1, 0.15) is 6.10 Å². The average Bonchev–Trinajstić information content (AvgIpc) is 3.17. The molecule has 140 valence electrons. The van der Waals surface area contributed by atoms with E-state index in [4.69, 9.17) is 9.84 Å². The third-order valence-electron chi connectivity index (χ3n) is 5.03. The van der Waals surface area contributed by atoms with Gasteiger partial charge < -0.3 is 20.5 Å². The Hall–Kier alpha value is -2.41. The lowest BCUT2D eigenvalue weighted by Crippen LogP contribution is -2.38. The molecule has 0 radical (unpaired) electrons. The van der Waals surface area contributed by atoms with Gasteiger partial charge in [0.2, 0.25) is 0 Å². The maximum atomic E-state index is 12.5. The van der Waals surface area contributed by atoms with E-state index >= 15 is 0 Å². The first-order chi connectivity index (χ1) is 12.5. The zero-order valence-corrected chi connectivity index (χ0v) is 14.6. The van der Waals surface area contributed by atoms with Crippen LogP contribution in [0.1, 0.15) is 48.9 Å². The van der Waals surface area contributed by atoms with Crippen molar-refractivity contribution in [2.45, 2.75) is 50.7 Å². The van der Waals surface area contributed by atoms with Crippen LogP contribution >= 0.6 is 0 Å². The standard InChI is InChI=1S/C19H24N2O5/c22-17(20-14-8-6-12(7-9-14)19(24)25)13-3-1-4-15(11-13)21-18(23)16-5-2-10-26-16/h1,3-4,11-12,14,16H,2,5-10H2,(H,20,22)(H,21,23)(H,24,25). The fraction of sp³-hybridized carbons (Fsp3) is 0.526. The summed E-state index contributed by atoms with van der Waals surface area (Å²) in [6, 6.07) is 6.79. The number of carbonyl (C=O) groups excluding carboxylic acids is 2. The van der Waals surface area contributed by atoms with Crippen LogP contribution in [0.15, 0.2) is 24.3 Å². The number of hydrogen-bond donors (Lipinski definition) is 3. The summed E-state index contributed by atoms with van der Waals surface area (Å²) < 4.78 is 5.36. The predicted molar refractivity (Wildman–Crippen MR) is 94.9 cm³/mol. The molecule has 1 aliphatic carbocycles. The van der Waals surface area contributed by atoms with Crippen molar-refractivity contribution in [1.29, 1.82) is 0 Å². The first-order valence-electron chi connectivity index (χ1n) is 9.09. The highest BCUT2D eigenvalue weighted by molar-refractivity contribution is 5.98. The van der Waals surface area contributed by atoms with Gasteiger partial charge in [-0.15, -0.1) is 0 Å². The molecule has 1 saturated carbocycles. The number of amides is 2. The number of anilines is 1. The summed E-state index contributed by atoms with van der Waals surface area (Å²) in [6.45, 7) is 0.602. The van der Waals surface area contributed by atoms with Gasteiger partial charge >= 0.3 is 5.97 Å². The fourth-order valence-electron chi connectivity index (χ4n) is 3.50. The van der Waals surface area contributed by atoms with Gasteiger partial charge in [0.05, 0.1) is 5.92 Å². The van der Waals surface area contributed by atoms with Crippen LogP contribution in [0.25, 0.3) is 0 Å². The minimum Gasteiger partial charge on any atom is -0.481 e. The molecule has 2 amide bonds. The molecule has 26 heavy (non-hydrogen) atoms. The van der Waals surface area contributed by atoms with Gasteiger partial charge in [-0.1, -0.05) is 6.07 Å². The maximum absolute atomic E-state index is 12.5. The first-order valence-corrected chi connectivity index (χ1v) is 9.09. The van der Waals surface area contributed by atoms with Crippen LogP contribution in [0, 0.1) is 5.92 Å². The molecule has 3 rings (SSSR count). The number of benzene rings is 1. The van der Waals surface area contributed by atoms with Crippen molar-refractivity contribution in [1.82, 2.24) is 5.32 Å². The molecule has 7 nitrogen and oxygen atoms in total. The molecule has 0 bridgehead atoms. The number of carbonyl (C=O) groups is 3. The first kappa shape index (κ1) is 18.4. The minimum atomic E-state index is -0.760. The molecule has 1 heterocycles. The number of nitrogens with one attached hydrogen (secondary N) is 2. The number of rotatable bonds is 5. The van der Waals surface area contributed by atoms with Gasteiger partial charge in [-0.2, -0.15) is 0 Å². The topological polar surface area (TPSA) is 105 Å². The lowest BCUT2D eigenvalue weighted by atomic mass is 9.86. The quantitative estimate of drug-likeness (QED) is 0.746. The summed E-state index contributed by atoms with van der Waals surface area (Å²) >= 11 is 0. The molecular formula is C19H24N2O5. The monoisotopic (exact) mass is 360 g/mol. The molecule has 1 aromatic carbocycles. The van der Waals surface area contributed by atoms with Crippen LogP contribution in [0.5, 0.6) is 0 Å². The van der Waals surface area contributed by atoms with E-state index in [1.807, 2.05) is 0 Å². The molecule has 1 saturated heterocycles. The molecule has 0 aromatic heterocycles. The highest BCUT2D eigenvalue weighted by atomic mass is 16.5. The van der Waals surface area contributed by atoms with Gasteiger partial charge in [0.15, 0.2) is 0 Å². The van der Waals surface area contributed by atoms with E-state index < -0.39 is 12.1 Å². The summed E-state index contributed by atoms with van der Waals surface area (Å²) in [5.74, 6) is -1.46. The normalized spacial score (nSPS) is 25.5. The fourth-order valence-corrected chi connectivity index (χ4v) is 3.50. The van der Waals surface area contributed by atoms with Gasteiger partial charge in [-0.05, 0) is 56.7 Å². The van der Waals surface area contributed by atoms with Crippen molar-refractivity contribution in [3.8, 4) is 0 Å². The van der Waals surface area contributed by atoms with Crippen LogP contribution < -0.4 is 10.6 Å². The summed E-state index contributed by atoms with van der Waals surface area (Å²) in [7, 11) is 0. The third-order valence-corrected chi connectivity index (χ3v) is 5.03. The van der Waals surface area contributed by atoms with Gasteiger partial charge in [0.25, 0.3) is 11.8 Å². The Bertz CT molecular complexity index is 676. The van der Waals surface area contributed by atoms with E-state index in [9.17, 15) is 14.4 Å². The molecule has 1 aromatic rings. The summed E-state index contributed by atoms with van der Waals surface area (Å²) in [6.07, 6.45) is 3.67. The molecular weight excluding hydrogens is 336 g/mol. The van der Waals surface area contributed by atoms with Crippen molar-refractivity contribution < 1.29 is 24.2 Å². The SMILES string of the molecule is O=C(NC1CCC(C(=O)O)CC1)c1cccc(NC(=O)C2CCCO2)c1. The molecule has 3 N–H and O–H groups in total. The van der Waals surface area contributed by atoms with Crippen LogP contribution in [-0.2, 0) is 14.3 Å². The maximum Gasteiger partial charge on any atom is 0.306 e. The molecule has 1 atom stereocenters. The van der Waals surface area contributed by atoms with E-state index in [2.05, 4.69) is 10.6 Å². The van der Waals surface area contributed by atoms with Crippen molar-refractivity contribution in [3.63, 3.8) is 0 Å². The number of ether oxygens (including phenoxy) is 1. The number of aliphatic carboxylic acids is 1. The highest BCUT2D eigenvalue weighted by Gasteiger charge is 2.27. The van der Waals surface area contributed by atoms with E-state index in [0.717, 1.165) is 6.42 Å². The molecule has 1 unspecified atom stereocenters. The minimum absolute atomic E-state index is 0.0109. The zero-order valence-electron chi connectivity index (χ0n) is 14.6. The van der Waals surface area contributed by atoms with Crippen molar-refractivity contribution in [2.24, 2.45) is 5.92 Å². The third kappa shape index (κ3) is 4.60. The zero-order chi connectivity index (χ0) is 18.5. The second-order valence-corrected chi connectivity index (χ2v) is 6.93. The van der Waals surface area contributed by atoms with E-state index in [-0.39, 0.29) is 23.8 Å². The Labute approximate surface area is 152 Å². The Morgan fingerprint density at radius 2 is 1.85 bits per heavy atom. The van der Waals surface area contributed by atoms with Crippen molar-refractivity contribution in [2.75, 3.05) is 11.9 Å². The Morgan fingerprint density at radius 1 is 1.08 bits per heavy atom. The molecule has 2 aliphatic rings. The van der Waals surface area contributed by atoms with Gasteiger partial charge in [-0.25, -0.2) is 0 Å². The molecule has 0 spiro atoms. The van der Waals surface area contributed by atoms with Crippen LogP contribution in [0.4, 0.5) is 5.69 Å². The Morgan fingerprint density at radius 3 is 2.50 bits per heavy atom. The molecule has 7 heteroatoms. The number of carboxylic acid groups (broad SMARTS) is 1. The largest absolute Gasteiger partial charge is 0.481 e.